The minimum atomic E-state index is 0.0389. The van der Waals surface area contributed by atoms with Gasteiger partial charge in [-0.3, -0.25) is 0 Å². The highest BCUT2D eigenvalue weighted by atomic mass is 15.2. The molecule has 0 unspecified atom stereocenters. The molecule has 0 amide bonds. The molecule has 0 saturated carbocycles. The zero-order chi connectivity index (χ0) is 39.2. The summed E-state index contributed by atoms with van der Waals surface area (Å²) in [5, 5.41) is 2.64. The van der Waals surface area contributed by atoms with Gasteiger partial charge in [-0.2, -0.15) is 0 Å². The first-order valence-electron chi connectivity index (χ1n) is 21.6. The predicted molar refractivity (Wildman–Crippen MR) is 259 cm³/mol. The molecule has 0 aliphatic carbocycles. The number of anilines is 9. The van der Waals surface area contributed by atoms with Crippen molar-refractivity contribution in [3.05, 3.63) is 188 Å². The summed E-state index contributed by atoms with van der Waals surface area (Å²) in [6.07, 6.45) is 0. The monoisotopic (exact) mass is 768 g/mol. The lowest BCUT2D eigenvalue weighted by Crippen LogP contribution is -2.70. The summed E-state index contributed by atoms with van der Waals surface area (Å²) in [6, 6.07) is 71.4. The maximum absolute atomic E-state index is 2.64. The van der Waals surface area contributed by atoms with Crippen LogP contribution in [0.1, 0.15) is 0 Å². The maximum Gasteiger partial charge on any atom is 0.252 e. The smallest absolute Gasteiger partial charge is 0.252 e. The molecule has 7 heteroatoms. The number of benzene rings is 9. The Morgan fingerprint density at radius 2 is 0.738 bits per heavy atom. The van der Waals surface area contributed by atoms with E-state index in [0.717, 1.165) is 0 Å². The number of fused-ring (bicyclic) bond motifs is 17. The second-order valence-corrected chi connectivity index (χ2v) is 17.5. The number of para-hydroxylation sites is 6. The highest BCUT2D eigenvalue weighted by Gasteiger charge is 2.53. The van der Waals surface area contributed by atoms with E-state index in [1.165, 1.54) is 128 Å². The SMILES string of the molecule is c1ccc(N2c3ccccc3B3c4ccccc4N4c5cccc6c5B(c5ccc2c3c54)c2ccc3c4c2N6c2ccccc2B4c2cccc4c5ccccc5n-3c24)cc1. The predicted octanol–water partition coefficient (Wildman–Crippen LogP) is 6.62. The molecule has 4 nitrogen and oxygen atoms in total. The largest absolute Gasteiger partial charge is 0.312 e. The Morgan fingerprint density at radius 3 is 1.43 bits per heavy atom. The van der Waals surface area contributed by atoms with Gasteiger partial charge >= 0.3 is 0 Å². The van der Waals surface area contributed by atoms with Crippen molar-refractivity contribution in [3.63, 3.8) is 0 Å². The molecule has 16 rings (SSSR count). The third kappa shape index (κ3) is 3.52. The van der Waals surface area contributed by atoms with Gasteiger partial charge in [0, 0.05) is 73.2 Å². The van der Waals surface area contributed by atoms with E-state index in [2.05, 4.69) is 207 Å². The van der Waals surface area contributed by atoms with Crippen LogP contribution in [0.25, 0.3) is 27.5 Å². The quantitative estimate of drug-likeness (QED) is 0.175. The molecule has 0 atom stereocenters. The molecule has 1 aromatic heterocycles. The van der Waals surface area contributed by atoms with E-state index in [-0.39, 0.29) is 20.1 Å². The van der Waals surface area contributed by atoms with E-state index in [1.54, 1.807) is 0 Å². The van der Waals surface area contributed by atoms with E-state index in [9.17, 15) is 0 Å². The summed E-state index contributed by atoms with van der Waals surface area (Å²) in [4.78, 5) is 7.78. The third-order valence-electron chi connectivity index (χ3n) is 14.9. The van der Waals surface area contributed by atoms with Gasteiger partial charge in [0.2, 0.25) is 0 Å². The minimum Gasteiger partial charge on any atom is -0.312 e. The van der Waals surface area contributed by atoms with E-state index < -0.39 is 0 Å². The van der Waals surface area contributed by atoms with Crippen LogP contribution in [0.4, 0.5) is 51.2 Å². The van der Waals surface area contributed by atoms with Crippen LogP contribution in [-0.2, 0) is 0 Å². The number of aromatic nitrogens is 1. The van der Waals surface area contributed by atoms with Gasteiger partial charge in [0.25, 0.3) is 20.1 Å². The van der Waals surface area contributed by atoms with Crippen LogP contribution in [0.2, 0.25) is 0 Å². The molecule has 0 radical (unpaired) electrons. The van der Waals surface area contributed by atoms with Crippen molar-refractivity contribution in [1.29, 1.82) is 0 Å². The van der Waals surface area contributed by atoms with Crippen molar-refractivity contribution >= 4 is 142 Å². The number of nitrogens with zero attached hydrogens (tertiary/aromatic N) is 4. The lowest BCUT2D eigenvalue weighted by atomic mass is 9.27. The van der Waals surface area contributed by atoms with Crippen LogP contribution < -0.4 is 63.9 Å². The molecule has 6 aliphatic heterocycles. The number of hydrogen-bond donors (Lipinski definition) is 0. The molecular formula is C54H31B3N4. The maximum atomic E-state index is 2.64. The van der Waals surface area contributed by atoms with Gasteiger partial charge in [-0.15, -0.1) is 0 Å². The first kappa shape index (κ1) is 31.3. The molecule has 9 aromatic carbocycles. The zero-order valence-corrected chi connectivity index (χ0v) is 32.9. The highest BCUT2D eigenvalue weighted by molar-refractivity contribution is 7.06. The third-order valence-corrected chi connectivity index (χ3v) is 14.9. The Morgan fingerprint density at radius 1 is 0.279 bits per heavy atom. The molecular weight excluding hydrogens is 737 g/mol. The van der Waals surface area contributed by atoms with Gasteiger partial charge in [0.1, 0.15) is 0 Å². The normalized spacial score (nSPS) is 14.7. The van der Waals surface area contributed by atoms with E-state index in [1.807, 2.05) is 0 Å². The fourth-order valence-corrected chi connectivity index (χ4v) is 12.9. The lowest BCUT2D eigenvalue weighted by Gasteiger charge is -2.51. The second-order valence-electron chi connectivity index (χ2n) is 17.5. The molecule has 7 heterocycles. The van der Waals surface area contributed by atoms with Crippen LogP contribution in [0, 0.1) is 0 Å². The van der Waals surface area contributed by atoms with Crippen LogP contribution >= 0.6 is 0 Å². The average molecular weight is 768 g/mol. The Bertz CT molecular complexity index is 3670. The molecule has 6 aliphatic rings. The van der Waals surface area contributed by atoms with Gasteiger partial charge < -0.3 is 19.3 Å². The van der Waals surface area contributed by atoms with E-state index in [0.29, 0.717) is 0 Å². The molecule has 0 bridgehead atoms. The van der Waals surface area contributed by atoms with Crippen LogP contribution in [0.5, 0.6) is 0 Å². The molecule has 61 heavy (non-hydrogen) atoms. The van der Waals surface area contributed by atoms with Crippen molar-refractivity contribution in [2.75, 3.05) is 14.7 Å². The fraction of sp³-hybridized carbons (Fsp3) is 0. The Kier molecular flexibility index (Phi) is 5.52. The van der Waals surface area contributed by atoms with Gasteiger partial charge in [0.05, 0.1) is 5.52 Å². The molecule has 0 saturated heterocycles. The van der Waals surface area contributed by atoms with Gasteiger partial charge in [0.15, 0.2) is 0 Å². The molecule has 0 spiro atoms. The van der Waals surface area contributed by atoms with Crippen molar-refractivity contribution < 1.29 is 0 Å². The van der Waals surface area contributed by atoms with Gasteiger partial charge in [-0.1, -0.05) is 127 Å². The van der Waals surface area contributed by atoms with Crippen molar-refractivity contribution in [2.24, 2.45) is 0 Å². The number of hydrogen-bond acceptors (Lipinski definition) is 3. The zero-order valence-electron chi connectivity index (χ0n) is 32.9. The van der Waals surface area contributed by atoms with E-state index >= 15 is 0 Å². The van der Waals surface area contributed by atoms with E-state index in [4.69, 9.17) is 0 Å². The topological polar surface area (TPSA) is 14.7 Å². The summed E-state index contributed by atoms with van der Waals surface area (Å²) in [7, 11) is 0. The first-order valence-corrected chi connectivity index (χ1v) is 21.6. The molecule has 276 valence electrons. The Hall–Kier alpha value is -7.63. The molecule has 0 fully saturated rings. The van der Waals surface area contributed by atoms with Gasteiger partial charge in [-0.05, 0) is 110 Å². The highest BCUT2D eigenvalue weighted by Crippen LogP contribution is 2.49. The summed E-state index contributed by atoms with van der Waals surface area (Å²) in [5.41, 5.74) is 27.7. The minimum absolute atomic E-state index is 0.0389. The summed E-state index contributed by atoms with van der Waals surface area (Å²) in [5.74, 6) is 0. The summed E-state index contributed by atoms with van der Waals surface area (Å²) < 4.78 is 2.58. The fourth-order valence-electron chi connectivity index (χ4n) is 12.9. The van der Waals surface area contributed by atoms with Crippen LogP contribution in [-0.4, -0.2) is 24.7 Å². The van der Waals surface area contributed by atoms with Crippen molar-refractivity contribution in [3.8, 4) is 5.69 Å². The van der Waals surface area contributed by atoms with Gasteiger partial charge in [-0.25, -0.2) is 0 Å². The lowest BCUT2D eigenvalue weighted by molar-refractivity contribution is 1.18. The Balaban J connectivity index is 1.04. The second kappa shape index (κ2) is 10.8. The molecule has 10 aromatic rings. The standard InChI is InChI=1S/C54H31B3N4/c1-2-14-32(15-3-1)58-42-23-9-5-18-35(42)55-36-19-6-10-24-43(36)60-45-26-13-27-46-49(45)57(39-28-30-47(58)50(55)53(39)60)40-29-31-48-51-54(40)61(46)44-25-11-7-20-37(44)56(51)38-21-12-17-34-33-16-4-8-22-41(33)59(48)52(34)38/h1-31H. The Labute approximate surface area is 353 Å². The number of rotatable bonds is 1. The van der Waals surface area contributed by atoms with Crippen molar-refractivity contribution in [1.82, 2.24) is 4.57 Å². The van der Waals surface area contributed by atoms with Crippen LogP contribution in [0.3, 0.4) is 0 Å². The average Bonchev–Trinajstić information content (AvgIpc) is 3.67. The summed E-state index contributed by atoms with van der Waals surface area (Å²) >= 11 is 0. The first-order chi connectivity index (χ1) is 30.3. The van der Waals surface area contributed by atoms with Crippen molar-refractivity contribution in [2.45, 2.75) is 0 Å². The van der Waals surface area contributed by atoms with Crippen LogP contribution in [0.15, 0.2) is 188 Å². The summed E-state index contributed by atoms with van der Waals surface area (Å²) in [6.45, 7) is 0.242. The molecule has 0 N–H and O–H groups in total.